The van der Waals surface area contributed by atoms with E-state index in [1.165, 1.54) is 22.9 Å². The highest BCUT2D eigenvalue weighted by Crippen LogP contribution is 2.24. The molecule has 1 aromatic heterocycles. The molecule has 3 rings (SSSR count). The lowest BCUT2D eigenvalue weighted by Crippen LogP contribution is -2.04. The third-order valence-electron chi connectivity index (χ3n) is 4.01. The molecule has 0 aliphatic heterocycles. The first-order valence-corrected chi connectivity index (χ1v) is 9.25. The van der Waals surface area contributed by atoms with Gasteiger partial charge in [-0.2, -0.15) is 5.10 Å². The van der Waals surface area contributed by atoms with Crippen LogP contribution in [0.5, 0.6) is 0 Å². The van der Waals surface area contributed by atoms with Crippen molar-refractivity contribution in [1.29, 1.82) is 0 Å². The maximum Gasteiger partial charge on any atom is 0.305 e. The zero-order valence-corrected chi connectivity index (χ0v) is 16.3. The number of carbonyl (C=O) groups excluding carboxylic acids is 1. The Kier molecular flexibility index (Phi) is 6.16. The van der Waals surface area contributed by atoms with E-state index in [-0.39, 0.29) is 24.6 Å². The van der Waals surface area contributed by atoms with E-state index in [2.05, 4.69) is 21.0 Å². The second kappa shape index (κ2) is 8.75. The Hall–Kier alpha value is -3.06. The average molecular weight is 443 g/mol. The van der Waals surface area contributed by atoms with Crippen LogP contribution < -0.4 is 0 Å². The fourth-order valence-electron chi connectivity index (χ4n) is 2.59. The number of aromatic nitrogens is 2. The van der Waals surface area contributed by atoms with E-state index in [1.54, 1.807) is 48.7 Å². The maximum atomic E-state index is 13.2. The molecule has 0 aliphatic carbocycles. The van der Waals surface area contributed by atoms with Gasteiger partial charge in [0, 0.05) is 27.4 Å². The van der Waals surface area contributed by atoms with Gasteiger partial charge in [0.05, 0.1) is 18.7 Å². The molecule has 142 valence electrons. The summed E-state index contributed by atoms with van der Waals surface area (Å²) in [4.78, 5) is 23.2. The standard InChI is InChI=1S/C21H16BrFN2O3/c22-17-6-1-14(2-7-17)19(26)10-5-16-13-25(12-11-20(27)28)24-21(16)15-3-8-18(23)9-4-15/h1-10,13H,11-12H2,(H,27,28). The van der Waals surface area contributed by atoms with Gasteiger partial charge in [-0.1, -0.05) is 15.9 Å². The summed E-state index contributed by atoms with van der Waals surface area (Å²) in [7, 11) is 0. The van der Waals surface area contributed by atoms with Crippen molar-refractivity contribution < 1.29 is 19.1 Å². The van der Waals surface area contributed by atoms with Crippen molar-refractivity contribution in [3.8, 4) is 11.3 Å². The van der Waals surface area contributed by atoms with Gasteiger partial charge in [-0.3, -0.25) is 14.3 Å². The molecule has 0 atom stereocenters. The lowest BCUT2D eigenvalue weighted by molar-refractivity contribution is -0.137. The molecule has 1 heterocycles. The Bertz CT molecular complexity index is 1020. The summed E-state index contributed by atoms with van der Waals surface area (Å²) in [5.74, 6) is -1.46. The summed E-state index contributed by atoms with van der Waals surface area (Å²) < 4.78 is 15.6. The first-order chi connectivity index (χ1) is 13.4. The number of aryl methyl sites for hydroxylation is 1. The van der Waals surface area contributed by atoms with Crippen LogP contribution in [-0.2, 0) is 11.3 Å². The molecule has 3 aromatic rings. The highest BCUT2D eigenvalue weighted by molar-refractivity contribution is 9.10. The zero-order valence-electron chi connectivity index (χ0n) is 14.7. The summed E-state index contributed by atoms with van der Waals surface area (Å²) in [5.41, 5.74) is 2.40. The van der Waals surface area contributed by atoms with Crippen molar-refractivity contribution in [3.05, 3.63) is 82.2 Å². The summed E-state index contributed by atoms with van der Waals surface area (Å²) in [6.45, 7) is 0.192. The molecule has 0 saturated carbocycles. The van der Waals surface area contributed by atoms with E-state index >= 15 is 0 Å². The number of allylic oxidation sites excluding steroid dienone is 1. The number of hydrogen-bond acceptors (Lipinski definition) is 3. The summed E-state index contributed by atoms with van der Waals surface area (Å²) in [6, 6.07) is 12.8. The SMILES string of the molecule is O=C(O)CCn1cc(C=CC(=O)c2ccc(Br)cc2)c(-c2ccc(F)cc2)n1. The molecule has 0 bridgehead atoms. The van der Waals surface area contributed by atoms with Crippen molar-refractivity contribution >= 4 is 33.8 Å². The first-order valence-electron chi connectivity index (χ1n) is 8.45. The molecule has 0 spiro atoms. The Labute approximate surface area is 169 Å². The molecule has 0 radical (unpaired) electrons. The highest BCUT2D eigenvalue weighted by Gasteiger charge is 2.11. The van der Waals surface area contributed by atoms with Gasteiger partial charge in [-0.15, -0.1) is 0 Å². The molecule has 0 unspecified atom stereocenters. The molecule has 28 heavy (non-hydrogen) atoms. The number of carbonyl (C=O) groups is 2. The number of benzene rings is 2. The lowest BCUT2D eigenvalue weighted by atomic mass is 10.1. The second-order valence-corrected chi connectivity index (χ2v) is 6.97. The van der Waals surface area contributed by atoms with Crippen molar-refractivity contribution in [1.82, 2.24) is 9.78 Å². The zero-order chi connectivity index (χ0) is 20.1. The molecular weight excluding hydrogens is 427 g/mol. The van der Waals surface area contributed by atoms with Crippen LogP contribution in [0.1, 0.15) is 22.3 Å². The van der Waals surface area contributed by atoms with Crippen molar-refractivity contribution in [2.75, 3.05) is 0 Å². The van der Waals surface area contributed by atoms with Crippen LogP contribution in [0.15, 0.2) is 65.3 Å². The lowest BCUT2D eigenvalue weighted by Gasteiger charge is -2.00. The number of carboxylic acid groups (broad SMARTS) is 1. The number of rotatable bonds is 7. The average Bonchev–Trinajstić information content (AvgIpc) is 3.09. The Morgan fingerprint density at radius 3 is 2.43 bits per heavy atom. The third-order valence-corrected chi connectivity index (χ3v) is 4.53. The van der Waals surface area contributed by atoms with Gasteiger partial charge in [-0.05, 0) is 60.7 Å². The molecular formula is C21H16BrFN2O3. The quantitative estimate of drug-likeness (QED) is 0.420. The van der Waals surface area contributed by atoms with Crippen LogP contribution in [0.25, 0.3) is 17.3 Å². The van der Waals surface area contributed by atoms with Crippen LogP contribution in [0.4, 0.5) is 4.39 Å². The van der Waals surface area contributed by atoms with E-state index in [4.69, 9.17) is 5.11 Å². The number of halogens is 2. The smallest absolute Gasteiger partial charge is 0.305 e. The molecule has 2 aromatic carbocycles. The van der Waals surface area contributed by atoms with Gasteiger partial charge < -0.3 is 5.11 Å². The van der Waals surface area contributed by atoms with E-state index < -0.39 is 5.97 Å². The molecule has 5 nitrogen and oxygen atoms in total. The molecule has 1 N–H and O–H groups in total. The van der Waals surface area contributed by atoms with Gasteiger partial charge >= 0.3 is 5.97 Å². The van der Waals surface area contributed by atoms with Crippen molar-refractivity contribution in [3.63, 3.8) is 0 Å². The van der Waals surface area contributed by atoms with E-state index in [0.29, 0.717) is 22.4 Å². The number of ketones is 1. The molecule has 7 heteroatoms. The Morgan fingerprint density at radius 1 is 1.11 bits per heavy atom. The topological polar surface area (TPSA) is 72.2 Å². The number of hydrogen-bond donors (Lipinski definition) is 1. The molecule has 0 saturated heterocycles. The predicted molar refractivity (Wildman–Crippen MR) is 107 cm³/mol. The van der Waals surface area contributed by atoms with Crippen molar-refractivity contribution in [2.45, 2.75) is 13.0 Å². The fraction of sp³-hybridized carbons (Fsp3) is 0.0952. The summed E-state index contributed by atoms with van der Waals surface area (Å²) in [5, 5.41) is 13.3. The molecule has 0 aliphatic rings. The van der Waals surface area contributed by atoms with Gasteiger partial charge in [0.15, 0.2) is 5.78 Å². The van der Waals surface area contributed by atoms with E-state index in [9.17, 15) is 14.0 Å². The van der Waals surface area contributed by atoms with Crippen molar-refractivity contribution in [2.24, 2.45) is 0 Å². The third kappa shape index (κ3) is 5.01. The van der Waals surface area contributed by atoms with Gasteiger partial charge in [0.1, 0.15) is 5.82 Å². The van der Waals surface area contributed by atoms with Gasteiger partial charge in [0.2, 0.25) is 0 Å². The van der Waals surface area contributed by atoms with Crippen LogP contribution in [0.3, 0.4) is 0 Å². The van der Waals surface area contributed by atoms with E-state index in [0.717, 1.165) is 4.47 Å². The van der Waals surface area contributed by atoms with Crippen LogP contribution in [0.2, 0.25) is 0 Å². The minimum absolute atomic E-state index is 0.0779. The normalized spacial score (nSPS) is 11.1. The summed E-state index contributed by atoms with van der Waals surface area (Å²) >= 11 is 3.33. The minimum atomic E-state index is -0.929. The molecule has 0 amide bonds. The Balaban J connectivity index is 1.90. The highest BCUT2D eigenvalue weighted by atomic mass is 79.9. The largest absolute Gasteiger partial charge is 0.481 e. The van der Waals surface area contributed by atoms with E-state index in [1.807, 2.05) is 0 Å². The maximum absolute atomic E-state index is 13.2. The van der Waals surface area contributed by atoms with Crippen LogP contribution in [-0.4, -0.2) is 26.6 Å². The van der Waals surface area contributed by atoms with Gasteiger partial charge in [0.25, 0.3) is 0 Å². The number of nitrogens with zero attached hydrogens (tertiary/aromatic N) is 2. The number of carboxylic acids is 1. The fourth-order valence-corrected chi connectivity index (χ4v) is 2.86. The monoisotopic (exact) mass is 442 g/mol. The summed E-state index contributed by atoms with van der Waals surface area (Å²) in [6.07, 6.45) is 4.67. The predicted octanol–water partition coefficient (Wildman–Crippen LogP) is 4.82. The Morgan fingerprint density at radius 2 is 1.79 bits per heavy atom. The molecule has 0 fully saturated rings. The first kappa shape index (κ1) is 19.7. The van der Waals surface area contributed by atoms with Crippen LogP contribution >= 0.6 is 15.9 Å². The minimum Gasteiger partial charge on any atom is -0.481 e. The second-order valence-electron chi connectivity index (χ2n) is 6.05. The van der Waals surface area contributed by atoms with Gasteiger partial charge in [-0.25, -0.2) is 4.39 Å². The van der Waals surface area contributed by atoms with Crippen LogP contribution in [0, 0.1) is 5.82 Å². The number of aliphatic carboxylic acids is 1.